The molecule has 1 aromatic rings. The fourth-order valence-corrected chi connectivity index (χ4v) is 1.95. The van der Waals surface area contributed by atoms with E-state index in [1.807, 2.05) is 13.0 Å². The van der Waals surface area contributed by atoms with Gasteiger partial charge in [-0.3, -0.25) is 4.79 Å². The van der Waals surface area contributed by atoms with Crippen molar-refractivity contribution in [2.75, 3.05) is 18.0 Å². The Morgan fingerprint density at radius 3 is 2.31 bits per heavy atom. The molecule has 0 spiro atoms. The van der Waals surface area contributed by atoms with E-state index in [0.29, 0.717) is 0 Å². The molecule has 0 heterocycles. The van der Waals surface area contributed by atoms with Crippen LogP contribution in [0.4, 0.5) is 5.69 Å². The third-order valence-electron chi connectivity index (χ3n) is 2.64. The van der Waals surface area contributed by atoms with Crippen LogP contribution in [0.1, 0.15) is 42.6 Å². The van der Waals surface area contributed by atoms with E-state index in [9.17, 15) is 4.79 Å². The zero-order valence-corrected chi connectivity index (χ0v) is 10.5. The van der Waals surface area contributed by atoms with Gasteiger partial charge in [-0.25, -0.2) is 0 Å². The molecule has 0 atom stereocenters. The van der Waals surface area contributed by atoms with E-state index in [1.54, 1.807) is 0 Å². The van der Waals surface area contributed by atoms with E-state index in [0.717, 1.165) is 49.0 Å². The average Bonchev–Trinajstić information content (AvgIpc) is 2.28. The molecule has 0 fully saturated rings. The molecule has 0 amide bonds. The van der Waals surface area contributed by atoms with Gasteiger partial charge in [-0.1, -0.05) is 25.5 Å². The number of hydrogen-bond donors (Lipinski definition) is 0. The van der Waals surface area contributed by atoms with Crippen molar-refractivity contribution in [3.05, 3.63) is 29.3 Å². The Labute approximate surface area is 98.3 Å². The van der Waals surface area contributed by atoms with Crippen molar-refractivity contribution in [1.29, 1.82) is 0 Å². The van der Waals surface area contributed by atoms with Crippen LogP contribution < -0.4 is 4.90 Å². The van der Waals surface area contributed by atoms with Crippen molar-refractivity contribution in [3.63, 3.8) is 0 Å². The van der Waals surface area contributed by atoms with Gasteiger partial charge < -0.3 is 4.90 Å². The van der Waals surface area contributed by atoms with Gasteiger partial charge in [0.2, 0.25) is 0 Å². The lowest BCUT2D eigenvalue weighted by molar-refractivity contribution is 0.112. The molecule has 0 N–H and O–H groups in total. The summed E-state index contributed by atoms with van der Waals surface area (Å²) in [7, 11) is 0. The maximum atomic E-state index is 11.1. The molecule has 0 bridgehead atoms. The van der Waals surface area contributed by atoms with Crippen LogP contribution in [-0.4, -0.2) is 19.4 Å². The van der Waals surface area contributed by atoms with Crippen molar-refractivity contribution >= 4 is 12.0 Å². The number of carbonyl (C=O) groups excluding carboxylic acids is 1. The Hall–Kier alpha value is -1.31. The molecule has 0 saturated heterocycles. The van der Waals surface area contributed by atoms with Gasteiger partial charge >= 0.3 is 0 Å². The highest BCUT2D eigenvalue weighted by Crippen LogP contribution is 2.21. The Morgan fingerprint density at radius 2 is 1.81 bits per heavy atom. The summed E-state index contributed by atoms with van der Waals surface area (Å²) in [5.74, 6) is 0. The molecule has 1 aromatic carbocycles. The standard InChI is InChI=1S/C14H21NO/c1-4-8-15(9-5-2)14-7-6-12(3)10-13(14)11-16/h6-7,10-11H,4-5,8-9H2,1-3H3. The smallest absolute Gasteiger partial charge is 0.152 e. The Balaban J connectivity index is 3.02. The third kappa shape index (κ3) is 3.09. The fourth-order valence-electron chi connectivity index (χ4n) is 1.95. The number of aryl methyl sites for hydroxylation is 1. The number of rotatable bonds is 6. The second-order valence-electron chi connectivity index (χ2n) is 4.17. The van der Waals surface area contributed by atoms with Gasteiger partial charge in [-0.05, 0) is 31.9 Å². The molecular formula is C14H21NO. The zero-order valence-electron chi connectivity index (χ0n) is 10.5. The summed E-state index contributed by atoms with van der Waals surface area (Å²) >= 11 is 0. The lowest BCUT2D eigenvalue weighted by Crippen LogP contribution is -2.25. The van der Waals surface area contributed by atoms with Crippen molar-refractivity contribution < 1.29 is 4.79 Å². The topological polar surface area (TPSA) is 20.3 Å². The van der Waals surface area contributed by atoms with Crippen LogP contribution in [0.3, 0.4) is 0 Å². The van der Waals surface area contributed by atoms with Crippen LogP contribution in [-0.2, 0) is 0 Å². The van der Waals surface area contributed by atoms with E-state index in [1.165, 1.54) is 0 Å². The van der Waals surface area contributed by atoms with Crippen molar-refractivity contribution in [2.24, 2.45) is 0 Å². The molecule has 0 aliphatic carbocycles. The van der Waals surface area contributed by atoms with Crippen LogP contribution in [0.25, 0.3) is 0 Å². The highest BCUT2D eigenvalue weighted by molar-refractivity contribution is 5.85. The second kappa shape index (κ2) is 6.31. The summed E-state index contributed by atoms with van der Waals surface area (Å²) in [6, 6.07) is 6.09. The molecular weight excluding hydrogens is 198 g/mol. The van der Waals surface area contributed by atoms with Gasteiger partial charge in [0.1, 0.15) is 0 Å². The van der Waals surface area contributed by atoms with E-state index in [2.05, 4.69) is 30.9 Å². The molecule has 0 aliphatic rings. The maximum Gasteiger partial charge on any atom is 0.152 e. The molecule has 0 radical (unpaired) electrons. The zero-order chi connectivity index (χ0) is 12.0. The number of aldehydes is 1. The molecule has 16 heavy (non-hydrogen) atoms. The number of anilines is 1. The molecule has 1 rings (SSSR count). The van der Waals surface area contributed by atoms with Crippen LogP contribution in [0.5, 0.6) is 0 Å². The van der Waals surface area contributed by atoms with Gasteiger partial charge in [0.15, 0.2) is 6.29 Å². The van der Waals surface area contributed by atoms with E-state index in [-0.39, 0.29) is 0 Å². The summed E-state index contributed by atoms with van der Waals surface area (Å²) < 4.78 is 0. The van der Waals surface area contributed by atoms with Gasteiger partial charge in [-0.15, -0.1) is 0 Å². The number of nitrogens with zero attached hydrogens (tertiary/aromatic N) is 1. The highest BCUT2D eigenvalue weighted by Gasteiger charge is 2.09. The molecule has 0 unspecified atom stereocenters. The molecule has 2 nitrogen and oxygen atoms in total. The van der Waals surface area contributed by atoms with E-state index in [4.69, 9.17) is 0 Å². The van der Waals surface area contributed by atoms with Crippen LogP contribution in [0.2, 0.25) is 0 Å². The number of carbonyl (C=O) groups is 1. The minimum absolute atomic E-state index is 0.807. The Morgan fingerprint density at radius 1 is 1.19 bits per heavy atom. The first-order valence-corrected chi connectivity index (χ1v) is 6.03. The lowest BCUT2D eigenvalue weighted by atomic mass is 10.1. The Bertz CT molecular complexity index is 341. The van der Waals surface area contributed by atoms with Gasteiger partial charge in [0.25, 0.3) is 0 Å². The number of benzene rings is 1. The largest absolute Gasteiger partial charge is 0.371 e. The minimum Gasteiger partial charge on any atom is -0.371 e. The van der Waals surface area contributed by atoms with Crippen LogP contribution in [0, 0.1) is 6.92 Å². The van der Waals surface area contributed by atoms with Crippen molar-refractivity contribution in [1.82, 2.24) is 0 Å². The van der Waals surface area contributed by atoms with Gasteiger partial charge in [0, 0.05) is 24.3 Å². The fraction of sp³-hybridized carbons (Fsp3) is 0.500. The molecule has 88 valence electrons. The normalized spacial score (nSPS) is 10.2. The van der Waals surface area contributed by atoms with Crippen molar-refractivity contribution in [3.8, 4) is 0 Å². The predicted molar refractivity (Wildman–Crippen MR) is 69.4 cm³/mol. The predicted octanol–water partition coefficient (Wildman–Crippen LogP) is 3.43. The maximum absolute atomic E-state index is 11.1. The lowest BCUT2D eigenvalue weighted by Gasteiger charge is -2.25. The quantitative estimate of drug-likeness (QED) is 0.683. The summed E-state index contributed by atoms with van der Waals surface area (Å²) in [4.78, 5) is 13.4. The summed E-state index contributed by atoms with van der Waals surface area (Å²) in [5.41, 5.74) is 3.02. The third-order valence-corrected chi connectivity index (χ3v) is 2.64. The molecule has 2 heteroatoms. The van der Waals surface area contributed by atoms with E-state index < -0.39 is 0 Å². The van der Waals surface area contributed by atoms with Gasteiger partial charge in [-0.2, -0.15) is 0 Å². The molecule has 0 saturated carbocycles. The molecule has 0 aromatic heterocycles. The Kier molecular flexibility index (Phi) is 5.03. The van der Waals surface area contributed by atoms with Crippen LogP contribution in [0.15, 0.2) is 18.2 Å². The minimum atomic E-state index is 0.807. The second-order valence-corrected chi connectivity index (χ2v) is 4.17. The highest BCUT2D eigenvalue weighted by atomic mass is 16.1. The SMILES string of the molecule is CCCN(CCC)c1ccc(C)cc1C=O. The summed E-state index contributed by atoms with van der Waals surface area (Å²) in [6.07, 6.45) is 3.17. The van der Waals surface area contributed by atoms with Crippen LogP contribution >= 0.6 is 0 Å². The summed E-state index contributed by atoms with van der Waals surface area (Å²) in [6.45, 7) is 8.37. The van der Waals surface area contributed by atoms with Gasteiger partial charge in [0.05, 0.1) is 0 Å². The average molecular weight is 219 g/mol. The van der Waals surface area contributed by atoms with E-state index >= 15 is 0 Å². The first kappa shape index (κ1) is 12.8. The summed E-state index contributed by atoms with van der Waals surface area (Å²) in [5, 5.41) is 0. The first-order valence-electron chi connectivity index (χ1n) is 6.03. The van der Waals surface area contributed by atoms with Crippen molar-refractivity contribution in [2.45, 2.75) is 33.6 Å². The molecule has 0 aliphatic heterocycles. The monoisotopic (exact) mass is 219 g/mol. The first-order chi connectivity index (χ1) is 7.72. The number of hydrogen-bond acceptors (Lipinski definition) is 2.